The zero-order valence-electron chi connectivity index (χ0n) is 15.8. The predicted octanol–water partition coefficient (Wildman–Crippen LogP) is 3.10. The molecule has 0 radical (unpaired) electrons. The molecule has 4 rings (SSSR count). The minimum absolute atomic E-state index is 0.0716. The van der Waals surface area contributed by atoms with Crippen molar-refractivity contribution < 1.29 is 4.79 Å². The molecule has 1 atom stereocenters. The number of piperidine rings is 1. The van der Waals surface area contributed by atoms with Gasteiger partial charge in [0.25, 0.3) is 0 Å². The summed E-state index contributed by atoms with van der Waals surface area (Å²) >= 11 is 0. The lowest BCUT2D eigenvalue weighted by Gasteiger charge is -2.39. The molecule has 2 aliphatic heterocycles. The lowest BCUT2D eigenvalue weighted by Crippen LogP contribution is -2.53. The van der Waals surface area contributed by atoms with Gasteiger partial charge >= 0.3 is 6.03 Å². The van der Waals surface area contributed by atoms with Gasteiger partial charge in [-0.05, 0) is 43.0 Å². The lowest BCUT2D eigenvalue weighted by atomic mass is 9.96. The first kappa shape index (κ1) is 18.0. The predicted molar refractivity (Wildman–Crippen MR) is 106 cm³/mol. The molecule has 1 aromatic carbocycles. The Bertz CT molecular complexity index is 730. The summed E-state index contributed by atoms with van der Waals surface area (Å²) in [5.41, 5.74) is 2.45. The molecule has 27 heavy (non-hydrogen) atoms. The molecule has 1 N–H and O–H groups in total. The van der Waals surface area contributed by atoms with Crippen LogP contribution in [0.2, 0.25) is 0 Å². The minimum Gasteiger partial charge on any atom is -0.338 e. The maximum atomic E-state index is 12.4. The van der Waals surface area contributed by atoms with Gasteiger partial charge in [0.1, 0.15) is 0 Å². The van der Waals surface area contributed by atoms with Gasteiger partial charge in [-0.3, -0.25) is 9.88 Å². The van der Waals surface area contributed by atoms with Gasteiger partial charge in [-0.1, -0.05) is 36.4 Å². The molecule has 2 aliphatic rings. The smallest absolute Gasteiger partial charge is 0.317 e. The molecule has 1 aromatic heterocycles. The van der Waals surface area contributed by atoms with Crippen LogP contribution >= 0.6 is 0 Å². The van der Waals surface area contributed by atoms with E-state index in [4.69, 9.17) is 0 Å². The van der Waals surface area contributed by atoms with Crippen molar-refractivity contribution in [3.8, 4) is 0 Å². The number of hydrogen-bond acceptors (Lipinski definition) is 3. The molecule has 2 fully saturated rings. The normalized spacial score (nSPS) is 20.9. The van der Waals surface area contributed by atoms with Crippen molar-refractivity contribution in [3.63, 3.8) is 0 Å². The summed E-state index contributed by atoms with van der Waals surface area (Å²) in [5.74, 6) is 0.923. The molecular formula is C22H28N4O. The van der Waals surface area contributed by atoms with E-state index in [1.807, 2.05) is 29.3 Å². The largest absolute Gasteiger partial charge is 0.338 e. The first-order valence-electron chi connectivity index (χ1n) is 9.98. The number of likely N-dealkylation sites (tertiary alicyclic amines) is 2. The van der Waals surface area contributed by atoms with Crippen molar-refractivity contribution in [2.24, 2.45) is 5.92 Å². The number of aromatic nitrogens is 1. The highest BCUT2D eigenvalue weighted by Gasteiger charge is 2.32. The molecule has 0 spiro atoms. The summed E-state index contributed by atoms with van der Waals surface area (Å²) in [6, 6.07) is 16.7. The second-order valence-electron chi connectivity index (χ2n) is 7.77. The number of rotatable bonds is 5. The van der Waals surface area contributed by atoms with E-state index in [9.17, 15) is 4.79 Å². The Kier molecular flexibility index (Phi) is 5.68. The molecule has 2 saturated heterocycles. The third-order valence-corrected chi connectivity index (χ3v) is 5.67. The molecule has 3 heterocycles. The van der Waals surface area contributed by atoms with Gasteiger partial charge in [0, 0.05) is 50.5 Å². The van der Waals surface area contributed by atoms with E-state index in [-0.39, 0.29) is 6.03 Å². The highest BCUT2D eigenvalue weighted by Crippen LogP contribution is 2.25. The summed E-state index contributed by atoms with van der Waals surface area (Å²) in [6.07, 6.45) is 4.23. The van der Waals surface area contributed by atoms with E-state index in [1.165, 1.54) is 18.4 Å². The van der Waals surface area contributed by atoms with E-state index in [1.54, 1.807) is 0 Å². The van der Waals surface area contributed by atoms with Gasteiger partial charge in [-0.2, -0.15) is 0 Å². The van der Waals surface area contributed by atoms with Crippen LogP contribution in [0.15, 0.2) is 54.7 Å². The van der Waals surface area contributed by atoms with E-state index < -0.39 is 0 Å². The van der Waals surface area contributed by atoms with Crippen molar-refractivity contribution in [2.45, 2.75) is 25.3 Å². The first-order chi connectivity index (χ1) is 13.3. The lowest BCUT2D eigenvalue weighted by molar-refractivity contribution is 0.139. The third-order valence-electron chi connectivity index (χ3n) is 5.67. The molecule has 5 nitrogen and oxygen atoms in total. The standard InChI is InChI=1S/C22H28N4O/c27-22(26-16-20(17-26)21-10-4-5-11-23-21)24-13-19-9-6-12-25(15-19)14-18-7-2-1-3-8-18/h1-5,7-8,10-11,19-20H,6,9,12-17H2,(H,24,27)/t19-/m1/s1. The number of hydrogen-bond donors (Lipinski definition) is 1. The van der Waals surface area contributed by atoms with Crippen LogP contribution in [0.5, 0.6) is 0 Å². The minimum atomic E-state index is 0.0716. The molecular weight excluding hydrogens is 336 g/mol. The van der Waals surface area contributed by atoms with Gasteiger partial charge in [-0.15, -0.1) is 0 Å². The fourth-order valence-electron chi connectivity index (χ4n) is 4.10. The average Bonchev–Trinajstić information content (AvgIpc) is 2.67. The highest BCUT2D eigenvalue weighted by molar-refractivity contribution is 5.75. The molecule has 5 heteroatoms. The molecule has 2 aromatic rings. The quantitative estimate of drug-likeness (QED) is 0.887. The zero-order valence-corrected chi connectivity index (χ0v) is 15.8. The number of carbonyl (C=O) groups is 1. The summed E-state index contributed by atoms with van der Waals surface area (Å²) in [6.45, 7) is 5.53. The molecule has 0 saturated carbocycles. The monoisotopic (exact) mass is 364 g/mol. The van der Waals surface area contributed by atoms with Crippen LogP contribution < -0.4 is 5.32 Å². The summed E-state index contributed by atoms with van der Waals surface area (Å²) < 4.78 is 0. The van der Waals surface area contributed by atoms with Crippen LogP contribution in [0.1, 0.15) is 30.0 Å². The Balaban J connectivity index is 1.19. The van der Waals surface area contributed by atoms with Crippen LogP contribution in [-0.4, -0.2) is 53.5 Å². The maximum absolute atomic E-state index is 12.4. The second kappa shape index (κ2) is 8.53. The van der Waals surface area contributed by atoms with Crippen LogP contribution in [0.3, 0.4) is 0 Å². The Morgan fingerprint density at radius 1 is 1.07 bits per heavy atom. The Labute approximate surface area is 161 Å². The highest BCUT2D eigenvalue weighted by atomic mass is 16.2. The van der Waals surface area contributed by atoms with Gasteiger partial charge < -0.3 is 10.2 Å². The third kappa shape index (κ3) is 4.66. The summed E-state index contributed by atoms with van der Waals surface area (Å²) in [5, 5.41) is 3.15. The first-order valence-corrected chi connectivity index (χ1v) is 9.98. The Hall–Kier alpha value is -2.40. The molecule has 0 unspecified atom stereocenters. The maximum Gasteiger partial charge on any atom is 0.317 e. The SMILES string of the molecule is O=C(NC[C@H]1CCCN(Cc2ccccc2)C1)N1CC(c2ccccn2)C1. The van der Waals surface area contributed by atoms with E-state index >= 15 is 0 Å². The second-order valence-corrected chi connectivity index (χ2v) is 7.77. The molecule has 0 aliphatic carbocycles. The topological polar surface area (TPSA) is 48.5 Å². The number of benzene rings is 1. The number of amides is 2. The van der Waals surface area contributed by atoms with E-state index in [2.05, 4.69) is 45.5 Å². The Morgan fingerprint density at radius 2 is 1.89 bits per heavy atom. The van der Waals surface area contributed by atoms with Crippen LogP contribution in [0.25, 0.3) is 0 Å². The van der Waals surface area contributed by atoms with Crippen LogP contribution in [0.4, 0.5) is 4.79 Å². The summed E-state index contributed by atoms with van der Waals surface area (Å²) in [7, 11) is 0. The summed E-state index contributed by atoms with van der Waals surface area (Å²) in [4.78, 5) is 21.2. The zero-order chi connectivity index (χ0) is 18.5. The number of nitrogens with zero attached hydrogens (tertiary/aromatic N) is 3. The molecule has 142 valence electrons. The number of urea groups is 1. The van der Waals surface area contributed by atoms with Crippen molar-refractivity contribution in [2.75, 3.05) is 32.7 Å². The Morgan fingerprint density at radius 3 is 2.67 bits per heavy atom. The fraction of sp³-hybridized carbons (Fsp3) is 0.455. The van der Waals surface area contributed by atoms with Gasteiger partial charge in [0.05, 0.1) is 0 Å². The average molecular weight is 364 g/mol. The molecule has 2 amide bonds. The number of pyridine rings is 1. The van der Waals surface area contributed by atoms with E-state index in [0.717, 1.165) is 45.0 Å². The van der Waals surface area contributed by atoms with Crippen molar-refractivity contribution in [3.05, 3.63) is 66.0 Å². The van der Waals surface area contributed by atoms with E-state index in [0.29, 0.717) is 11.8 Å². The van der Waals surface area contributed by atoms with Crippen molar-refractivity contribution >= 4 is 6.03 Å². The van der Waals surface area contributed by atoms with Gasteiger partial charge in [0.2, 0.25) is 0 Å². The van der Waals surface area contributed by atoms with Gasteiger partial charge in [0.15, 0.2) is 0 Å². The van der Waals surface area contributed by atoms with Crippen molar-refractivity contribution in [1.82, 2.24) is 20.1 Å². The van der Waals surface area contributed by atoms with Crippen molar-refractivity contribution in [1.29, 1.82) is 0 Å². The van der Waals surface area contributed by atoms with Crippen LogP contribution in [-0.2, 0) is 6.54 Å². The molecule has 0 bridgehead atoms. The number of nitrogens with one attached hydrogen (secondary N) is 1. The number of carbonyl (C=O) groups excluding carboxylic acids is 1. The van der Waals surface area contributed by atoms with Gasteiger partial charge in [-0.25, -0.2) is 4.79 Å². The fourth-order valence-corrected chi connectivity index (χ4v) is 4.10. The van der Waals surface area contributed by atoms with Crippen LogP contribution in [0, 0.1) is 5.92 Å².